The molecule has 1 atom stereocenters. The van der Waals surface area contributed by atoms with Crippen LogP contribution in [0.3, 0.4) is 0 Å². The van der Waals surface area contributed by atoms with Gasteiger partial charge in [-0.05, 0) is 20.0 Å². The number of aromatic nitrogens is 2. The first-order chi connectivity index (χ1) is 8.88. The second-order valence-corrected chi connectivity index (χ2v) is 4.88. The average Bonchev–Trinajstić information content (AvgIpc) is 2.63. The monoisotopic (exact) mass is 266 g/mol. The van der Waals surface area contributed by atoms with Crippen LogP contribution in [0.25, 0.3) is 6.08 Å². The SMILES string of the molecule is C=CN1CC(C)(C(F)F)c2nc(C=C(C)N)ncc21. The fourth-order valence-electron chi connectivity index (χ4n) is 2.14. The largest absolute Gasteiger partial charge is 0.402 e. The summed E-state index contributed by atoms with van der Waals surface area (Å²) in [5, 5.41) is 0. The van der Waals surface area contributed by atoms with Crippen molar-refractivity contribution < 1.29 is 8.78 Å². The highest BCUT2D eigenvalue weighted by Gasteiger charge is 2.47. The van der Waals surface area contributed by atoms with E-state index in [1.165, 1.54) is 19.3 Å². The second-order valence-electron chi connectivity index (χ2n) is 4.88. The Morgan fingerprint density at radius 1 is 1.63 bits per heavy atom. The highest BCUT2D eigenvalue weighted by atomic mass is 19.3. The van der Waals surface area contributed by atoms with Crippen LogP contribution in [0.2, 0.25) is 0 Å². The molecule has 0 radical (unpaired) electrons. The molecular formula is C13H16F2N4. The van der Waals surface area contributed by atoms with Gasteiger partial charge in [-0.25, -0.2) is 18.7 Å². The molecule has 0 saturated carbocycles. The zero-order valence-corrected chi connectivity index (χ0v) is 10.9. The molecule has 102 valence electrons. The van der Waals surface area contributed by atoms with Crippen molar-refractivity contribution in [1.29, 1.82) is 0 Å². The van der Waals surface area contributed by atoms with Gasteiger partial charge in [-0.3, -0.25) is 0 Å². The third-order valence-corrected chi connectivity index (χ3v) is 3.20. The van der Waals surface area contributed by atoms with Crippen molar-refractivity contribution in [3.8, 4) is 0 Å². The van der Waals surface area contributed by atoms with Gasteiger partial charge in [0.1, 0.15) is 0 Å². The average molecular weight is 266 g/mol. The van der Waals surface area contributed by atoms with Crippen LogP contribution in [0.5, 0.6) is 0 Å². The first-order valence-electron chi connectivity index (χ1n) is 5.87. The molecule has 0 aliphatic carbocycles. The highest BCUT2D eigenvalue weighted by molar-refractivity contribution is 5.62. The summed E-state index contributed by atoms with van der Waals surface area (Å²) in [6.45, 7) is 6.97. The Kier molecular flexibility index (Phi) is 3.26. The minimum Gasteiger partial charge on any atom is -0.402 e. The molecule has 0 aromatic carbocycles. The van der Waals surface area contributed by atoms with Crippen LogP contribution >= 0.6 is 0 Å². The van der Waals surface area contributed by atoms with E-state index in [-0.39, 0.29) is 6.54 Å². The van der Waals surface area contributed by atoms with Crippen LogP contribution < -0.4 is 10.6 Å². The number of hydrogen-bond acceptors (Lipinski definition) is 4. The number of anilines is 1. The molecule has 1 aliphatic heterocycles. The van der Waals surface area contributed by atoms with Crippen molar-refractivity contribution in [3.05, 3.63) is 36.2 Å². The normalized spacial score (nSPS) is 22.8. The Bertz CT molecular complexity index is 537. The Morgan fingerprint density at radius 2 is 2.32 bits per heavy atom. The summed E-state index contributed by atoms with van der Waals surface area (Å²) < 4.78 is 26.7. The van der Waals surface area contributed by atoms with E-state index in [1.54, 1.807) is 17.9 Å². The van der Waals surface area contributed by atoms with Crippen molar-refractivity contribution in [2.75, 3.05) is 11.4 Å². The van der Waals surface area contributed by atoms with Crippen LogP contribution in [0.15, 0.2) is 24.7 Å². The van der Waals surface area contributed by atoms with E-state index >= 15 is 0 Å². The number of nitrogens with zero attached hydrogens (tertiary/aromatic N) is 3. The molecule has 0 spiro atoms. The van der Waals surface area contributed by atoms with Gasteiger partial charge < -0.3 is 10.6 Å². The number of alkyl halides is 2. The maximum Gasteiger partial charge on any atom is 0.251 e. The quantitative estimate of drug-likeness (QED) is 0.912. The van der Waals surface area contributed by atoms with E-state index in [9.17, 15) is 8.78 Å². The number of nitrogens with two attached hydrogens (primary N) is 1. The van der Waals surface area contributed by atoms with Crippen molar-refractivity contribution in [3.63, 3.8) is 0 Å². The van der Waals surface area contributed by atoms with Gasteiger partial charge in [-0.2, -0.15) is 0 Å². The lowest BCUT2D eigenvalue weighted by Gasteiger charge is -2.22. The van der Waals surface area contributed by atoms with Crippen LogP contribution in [-0.2, 0) is 5.41 Å². The maximum absolute atomic E-state index is 13.3. The summed E-state index contributed by atoms with van der Waals surface area (Å²) in [6, 6.07) is 0. The number of halogens is 2. The van der Waals surface area contributed by atoms with Gasteiger partial charge in [0.05, 0.1) is 23.0 Å². The van der Waals surface area contributed by atoms with Crippen LogP contribution in [0.4, 0.5) is 14.5 Å². The lowest BCUT2D eigenvalue weighted by Crippen LogP contribution is -2.35. The number of allylic oxidation sites excluding steroid dienone is 1. The molecule has 2 heterocycles. The minimum absolute atomic E-state index is 0.146. The Balaban J connectivity index is 2.57. The van der Waals surface area contributed by atoms with Crippen molar-refractivity contribution in [2.45, 2.75) is 25.7 Å². The third-order valence-electron chi connectivity index (χ3n) is 3.20. The van der Waals surface area contributed by atoms with E-state index < -0.39 is 11.8 Å². The van der Waals surface area contributed by atoms with Crippen LogP contribution in [0, 0.1) is 0 Å². The van der Waals surface area contributed by atoms with E-state index in [0.717, 1.165) is 0 Å². The lowest BCUT2D eigenvalue weighted by atomic mass is 9.89. The molecule has 4 nitrogen and oxygen atoms in total. The van der Waals surface area contributed by atoms with Crippen LogP contribution in [-0.4, -0.2) is 22.9 Å². The first kappa shape index (κ1) is 13.5. The first-order valence-corrected chi connectivity index (χ1v) is 5.87. The Morgan fingerprint density at radius 3 is 2.84 bits per heavy atom. The molecule has 0 bridgehead atoms. The topological polar surface area (TPSA) is 55.0 Å². The molecule has 0 fully saturated rings. The molecule has 2 N–H and O–H groups in total. The summed E-state index contributed by atoms with van der Waals surface area (Å²) in [5.74, 6) is 0.344. The zero-order valence-electron chi connectivity index (χ0n) is 10.9. The van der Waals surface area contributed by atoms with E-state index in [2.05, 4.69) is 16.5 Å². The molecule has 6 heteroatoms. The molecule has 1 unspecified atom stereocenters. The molecule has 19 heavy (non-hydrogen) atoms. The van der Waals surface area contributed by atoms with E-state index in [0.29, 0.717) is 22.9 Å². The van der Waals surface area contributed by atoms with Gasteiger partial charge in [0, 0.05) is 18.3 Å². The second kappa shape index (κ2) is 4.60. The molecule has 1 aromatic rings. The minimum atomic E-state index is -2.51. The van der Waals surface area contributed by atoms with Gasteiger partial charge >= 0.3 is 0 Å². The fourth-order valence-corrected chi connectivity index (χ4v) is 2.14. The molecule has 1 aliphatic rings. The summed E-state index contributed by atoms with van der Waals surface area (Å²) in [6.07, 6.45) is 2.09. The Labute approximate surface area is 110 Å². The van der Waals surface area contributed by atoms with Crippen LogP contribution in [0.1, 0.15) is 25.4 Å². The van der Waals surface area contributed by atoms with Crippen molar-refractivity contribution >= 4 is 11.8 Å². The number of rotatable bonds is 3. The highest BCUT2D eigenvalue weighted by Crippen LogP contribution is 2.42. The zero-order chi connectivity index (χ0) is 14.2. The Hall–Kier alpha value is -1.98. The molecule has 0 amide bonds. The fraction of sp³-hybridized carbons (Fsp3) is 0.385. The third kappa shape index (κ3) is 2.18. The smallest absolute Gasteiger partial charge is 0.251 e. The van der Waals surface area contributed by atoms with Gasteiger partial charge in [0.2, 0.25) is 0 Å². The molecule has 2 rings (SSSR count). The summed E-state index contributed by atoms with van der Waals surface area (Å²) >= 11 is 0. The van der Waals surface area contributed by atoms with Gasteiger partial charge in [-0.1, -0.05) is 6.58 Å². The number of fused-ring (bicyclic) bond motifs is 1. The van der Waals surface area contributed by atoms with E-state index in [1.807, 2.05) is 0 Å². The van der Waals surface area contributed by atoms with Gasteiger partial charge in [-0.15, -0.1) is 0 Å². The van der Waals surface area contributed by atoms with E-state index in [4.69, 9.17) is 5.73 Å². The molecule has 0 saturated heterocycles. The summed E-state index contributed by atoms with van der Waals surface area (Å²) in [4.78, 5) is 9.98. The summed E-state index contributed by atoms with van der Waals surface area (Å²) in [7, 11) is 0. The summed E-state index contributed by atoms with van der Waals surface area (Å²) in [5.41, 5.74) is 5.67. The number of hydrogen-bond donors (Lipinski definition) is 1. The van der Waals surface area contributed by atoms with Gasteiger partial charge in [0.15, 0.2) is 5.82 Å². The molecular weight excluding hydrogens is 250 g/mol. The van der Waals surface area contributed by atoms with Gasteiger partial charge in [0.25, 0.3) is 6.43 Å². The lowest BCUT2D eigenvalue weighted by molar-refractivity contribution is 0.0662. The van der Waals surface area contributed by atoms with Crippen molar-refractivity contribution in [2.24, 2.45) is 5.73 Å². The predicted octanol–water partition coefficient (Wildman–Crippen LogP) is 2.28. The molecule has 1 aromatic heterocycles. The maximum atomic E-state index is 13.3. The standard InChI is InChI=1S/C13H16F2N4/c1-4-19-7-13(3,12(14)15)11-9(19)6-17-10(18-11)5-8(2)16/h4-6,12H,1,7,16H2,2-3H3. The predicted molar refractivity (Wildman–Crippen MR) is 70.8 cm³/mol. The van der Waals surface area contributed by atoms with Crippen molar-refractivity contribution in [1.82, 2.24) is 9.97 Å².